The first kappa shape index (κ1) is 11.7. The molecule has 1 N–H and O–H groups in total. The predicted octanol–water partition coefficient (Wildman–Crippen LogP) is 3.32. The standard InChI is InChI=1S/C15H12FN3/c16-12-4-6-13(7-5-12)18-15-11(9-17)8-10-2-1-3-14(10)19-15/h4-8H,1-3H2,(H,18,19). The quantitative estimate of drug-likeness (QED) is 0.893. The lowest BCUT2D eigenvalue weighted by atomic mass is 10.1. The van der Waals surface area contributed by atoms with Crippen LogP contribution >= 0.6 is 0 Å². The van der Waals surface area contributed by atoms with Crippen LogP contribution in [0.15, 0.2) is 30.3 Å². The zero-order valence-electron chi connectivity index (χ0n) is 10.3. The summed E-state index contributed by atoms with van der Waals surface area (Å²) in [7, 11) is 0. The molecule has 4 heteroatoms. The molecule has 1 aromatic carbocycles. The molecule has 0 spiro atoms. The van der Waals surface area contributed by atoms with Gasteiger partial charge in [-0.05, 0) is 55.2 Å². The first-order valence-corrected chi connectivity index (χ1v) is 6.22. The van der Waals surface area contributed by atoms with E-state index in [9.17, 15) is 9.65 Å². The average molecular weight is 253 g/mol. The minimum absolute atomic E-state index is 0.284. The van der Waals surface area contributed by atoms with Crippen molar-refractivity contribution in [3.63, 3.8) is 0 Å². The number of aryl methyl sites for hydroxylation is 2. The second kappa shape index (κ2) is 4.69. The van der Waals surface area contributed by atoms with Crippen LogP contribution in [0, 0.1) is 17.1 Å². The maximum Gasteiger partial charge on any atom is 0.148 e. The van der Waals surface area contributed by atoms with E-state index in [-0.39, 0.29) is 5.82 Å². The lowest BCUT2D eigenvalue weighted by molar-refractivity contribution is 0.628. The van der Waals surface area contributed by atoms with Gasteiger partial charge in [-0.1, -0.05) is 0 Å². The molecule has 0 aliphatic heterocycles. The molecule has 0 fully saturated rings. The summed E-state index contributed by atoms with van der Waals surface area (Å²) in [5.74, 6) is 0.266. The molecule has 0 saturated heterocycles. The Morgan fingerprint density at radius 1 is 1.21 bits per heavy atom. The van der Waals surface area contributed by atoms with Gasteiger partial charge in [-0.15, -0.1) is 0 Å². The van der Waals surface area contributed by atoms with Gasteiger partial charge >= 0.3 is 0 Å². The SMILES string of the molecule is N#Cc1cc2c(nc1Nc1ccc(F)cc1)CCC2. The smallest absolute Gasteiger partial charge is 0.148 e. The number of nitriles is 1. The highest BCUT2D eigenvalue weighted by molar-refractivity contribution is 5.63. The Hall–Kier alpha value is -2.41. The number of hydrogen-bond donors (Lipinski definition) is 1. The number of halogens is 1. The van der Waals surface area contributed by atoms with E-state index >= 15 is 0 Å². The summed E-state index contributed by atoms with van der Waals surface area (Å²) in [6.45, 7) is 0. The fourth-order valence-electron chi connectivity index (χ4n) is 2.32. The number of benzene rings is 1. The number of aromatic nitrogens is 1. The van der Waals surface area contributed by atoms with Gasteiger partial charge in [-0.3, -0.25) is 0 Å². The Kier molecular flexibility index (Phi) is 2.88. The van der Waals surface area contributed by atoms with Crippen molar-refractivity contribution >= 4 is 11.5 Å². The normalized spacial score (nSPS) is 12.8. The Bertz CT molecular complexity index is 656. The van der Waals surface area contributed by atoms with Gasteiger partial charge in [0.25, 0.3) is 0 Å². The van der Waals surface area contributed by atoms with Crippen molar-refractivity contribution in [3.05, 3.63) is 53.0 Å². The molecule has 1 aliphatic carbocycles. The number of nitrogens with one attached hydrogen (secondary N) is 1. The van der Waals surface area contributed by atoms with Crippen molar-refractivity contribution in [1.82, 2.24) is 4.98 Å². The van der Waals surface area contributed by atoms with Crippen LogP contribution in [0.25, 0.3) is 0 Å². The molecule has 94 valence electrons. The van der Waals surface area contributed by atoms with E-state index in [1.165, 1.54) is 17.7 Å². The summed E-state index contributed by atoms with van der Waals surface area (Å²) in [4.78, 5) is 4.51. The molecular weight excluding hydrogens is 241 g/mol. The minimum atomic E-state index is -0.284. The van der Waals surface area contributed by atoms with E-state index in [0.717, 1.165) is 30.6 Å². The average Bonchev–Trinajstić information content (AvgIpc) is 2.87. The van der Waals surface area contributed by atoms with Crippen molar-refractivity contribution in [1.29, 1.82) is 5.26 Å². The number of anilines is 2. The molecule has 3 nitrogen and oxygen atoms in total. The molecule has 1 aromatic heterocycles. The summed E-state index contributed by atoms with van der Waals surface area (Å²) in [5, 5.41) is 12.3. The van der Waals surface area contributed by atoms with Crippen LogP contribution in [0.1, 0.15) is 23.2 Å². The molecule has 1 aliphatic rings. The summed E-state index contributed by atoms with van der Waals surface area (Å²) in [6.07, 6.45) is 3.04. The minimum Gasteiger partial charge on any atom is -0.339 e. The molecule has 2 aromatic rings. The van der Waals surface area contributed by atoms with Gasteiger partial charge in [0, 0.05) is 11.4 Å². The van der Waals surface area contributed by atoms with Crippen LogP contribution in [0.5, 0.6) is 0 Å². The van der Waals surface area contributed by atoms with Crippen LogP contribution in [0.3, 0.4) is 0 Å². The lowest BCUT2D eigenvalue weighted by Crippen LogP contribution is -2.00. The Morgan fingerprint density at radius 3 is 2.74 bits per heavy atom. The topological polar surface area (TPSA) is 48.7 Å². The second-order valence-corrected chi connectivity index (χ2v) is 4.59. The molecule has 19 heavy (non-hydrogen) atoms. The highest BCUT2D eigenvalue weighted by atomic mass is 19.1. The Morgan fingerprint density at radius 2 is 2.00 bits per heavy atom. The van der Waals surface area contributed by atoms with Gasteiger partial charge in [0.15, 0.2) is 0 Å². The first-order valence-electron chi connectivity index (χ1n) is 6.22. The van der Waals surface area contributed by atoms with Crippen molar-refractivity contribution < 1.29 is 4.39 Å². The number of nitrogens with zero attached hydrogens (tertiary/aromatic N) is 2. The molecular formula is C15H12FN3. The van der Waals surface area contributed by atoms with Crippen LogP contribution in [0.4, 0.5) is 15.9 Å². The highest BCUT2D eigenvalue weighted by Crippen LogP contribution is 2.26. The molecule has 3 rings (SSSR count). The van der Waals surface area contributed by atoms with Gasteiger partial charge in [0.1, 0.15) is 17.7 Å². The predicted molar refractivity (Wildman–Crippen MR) is 70.7 cm³/mol. The zero-order valence-corrected chi connectivity index (χ0v) is 10.3. The number of fused-ring (bicyclic) bond motifs is 1. The van der Waals surface area contributed by atoms with E-state index in [1.54, 1.807) is 12.1 Å². The van der Waals surface area contributed by atoms with Gasteiger partial charge in [0.2, 0.25) is 0 Å². The van der Waals surface area contributed by atoms with Gasteiger partial charge in [0.05, 0.1) is 5.56 Å². The van der Waals surface area contributed by atoms with E-state index in [2.05, 4.69) is 16.4 Å². The van der Waals surface area contributed by atoms with Gasteiger partial charge in [-0.2, -0.15) is 5.26 Å². The van der Waals surface area contributed by atoms with Crippen molar-refractivity contribution in [3.8, 4) is 6.07 Å². The lowest BCUT2D eigenvalue weighted by Gasteiger charge is -2.09. The maximum atomic E-state index is 12.9. The zero-order chi connectivity index (χ0) is 13.2. The molecule has 0 saturated carbocycles. The molecule has 0 atom stereocenters. The van der Waals surface area contributed by atoms with E-state index in [0.29, 0.717) is 11.4 Å². The van der Waals surface area contributed by atoms with Crippen LogP contribution in [0.2, 0.25) is 0 Å². The van der Waals surface area contributed by atoms with Gasteiger partial charge in [-0.25, -0.2) is 9.37 Å². The van der Waals surface area contributed by atoms with E-state index < -0.39 is 0 Å². The van der Waals surface area contributed by atoms with Crippen LogP contribution < -0.4 is 5.32 Å². The third-order valence-corrected chi connectivity index (χ3v) is 3.28. The van der Waals surface area contributed by atoms with Crippen molar-refractivity contribution in [2.75, 3.05) is 5.32 Å². The van der Waals surface area contributed by atoms with Crippen molar-refractivity contribution in [2.24, 2.45) is 0 Å². The molecule has 0 radical (unpaired) electrons. The summed E-state index contributed by atoms with van der Waals surface area (Å²) < 4.78 is 12.9. The monoisotopic (exact) mass is 253 g/mol. The number of pyridine rings is 1. The van der Waals surface area contributed by atoms with Crippen LogP contribution in [-0.4, -0.2) is 4.98 Å². The molecule has 1 heterocycles. The Labute approximate surface area is 110 Å². The number of hydrogen-bond acceptors (Lipinski definition) is 3. The Balaban J connectivity index is 1.96. The molecule has 0 unspecified atom stereocenters. The fourth-order valence-corrected chi connectivity index (χ4v) is 2.32. The highest BCUT2D eigenvalue weighted by Gasteiger charge is 2.16. The van der Waals surface area contributed by atoms with E-state index in [1.807, 2.05) is 6.07 Å². The third kappa shape index (κ3) is 2.27. The first-order chi connectivity index (χ1) is 9.26. The number of rotatable bonds is 2. The summed E-state index contributed by atoms with van der Waals surface area (Å²) in [5.41, 5.74) is 3.48. The van der Waals surface area contributed by atoms with E-state index in [4.69, 9.17) is 0 Å². The maximum absolute atomic E-state index is 12.9. The van der Waals surface area contributed by atoms with Gasteiger partial charge < -0.3 is 5.32 Å². The fraction of sp³-hybridized carbons (Fsp3) is 0.200. The second-order valence-electron chi connectivity index (χ2n) is 4.59. The molecule has 0 amide bonds. The third-order valence-electron chi connectivity index (χ3n) is 3.28. The van der Waals surface area contributed by atoms with Crippen LogP contribution in [-0.2, 0) is 12.8 Å². The largest absolute Gasteiger partial charge is 0.339 e. The van der Waals surface area contributed by atoms with Crippen molar-refractivity contribution in [2.45, 2.75) is 19.3 Å². The molecule has 0 bridgehead atoms. The summed E-state index contributed by atoms with van der Waals surface area (Å²) in [6, 6.07) is 10.1. The summed E-state index contributed by atoms with van der Waals surface area (Å²) >= 11 is 0.